The number of nitrogens with one attached hydrogen (secondary N) is 2. The number of anilines is 1. The topological polar surface area (TPSA) is 52.0 Å². The molecule has 0 fully saturated rings. The summed E-state index contributed by atoms with van der Waals surface area (Å²) in [6.07, 6.45) is 0. The fraction of sp³-hybridized carbons (Fsp3) is 0.312. The minimum atomic E-state index is -0.0864. The first-order chi connectivity index (χ1) is 11.0. The van der Waals surface area contributed by atoms with Crippen LogP contribution in [0.3, 0.4) is 0 Å². The first kappa shape index (κ1) is 17.6. The van der Waals surface area contributed by atoms with Crippen molar-refractivity contribution < 1.29 is 19.2 Å². The second kappa shape index (κ2) is 8.19. The van der Waals surface area contributed by atoms with Gasteiger partial charge in [0, 0.05) is 6.07 Å². The lowest BCUT2D eigenvalue weighted by atomic mass is 10.2. The molecule has 0 aliphatic rings. The van der Waals surface area contributed by atoms with Crippen LogP contribution in [0.4, 0.5) is 5.69 Å². The summed E-state index contributed by atoms with van der Waals surface area (Å²) >= 11 is 7.46. The molecule has 7 heteroatoms. The molecule has 0 aliphatic carbocycles. The SMILES string of the molecule is COc1ccc(OC)c(NC(=O)C[NH+](C)Cc2ccc(Cl)s2)c1. The number of hydrogen-bond donors (Lipinski definition) is 2. The molecule has 1 atom stereocenters. The fourth-order valence-corrected chi connectivity index (χ4v) is 3.39. The van der Waals surface area contributed by atoms with Crippen molar-refractivity contribution in [1.29, 1.82) is 0 Å². The molecule has 0 aliphatic heterocycles. The number of carbonyl (C=O) groups is 1. The van der Waals surface area contributed by atoms with Crippen molar-refractivity contribution in [2.45, 2.75) is 6.54 Å². The number of quaternary nitrogens is 1. The normalized spacial score (nSPS) is 11.8. The van der Waals surface area contributed by atoms with Crippen LogP contribution in [0, 0.1) is 0 Å². The molecule has 1 amide bonds. The van der Waals surface area contributed by atoms with Crippen molar-refractivity contribution in [2.75, 3.05) is 33.1 Å². The molecule has 0 saturated heterocycles. The van der Waals surface area contributed by atoms with Gasteiger partial charge < -0.3 is 19.7 Å². The zero-order valence-corrected chi connectivity index (χ0v) is 14.9. The van der Waals surface area contributed by atoms with E-state index in [1.807, 2.05) is 19.2 Å². The zero-order chi connectivity index (χ0) is 16.8. The summed E-state index contributed by atoms with van der Waals surface area (Å²) in [6.45, 7) is 1.09. The lowest BCUT2D eigenvalue weighted by molar-refractivity contribution is -0.884. The standard InChI is InChI=1S/C16H19ClN2O3S/c1-19(9-12-5-7-15(17)23-12)10-16(20)18-13-8-11(21-2)4-6-14(13)22-3/h4-8H,9-10H2,1-3H3,(H,18,20)/p+1. The maximum Gasteiger partial charge on any atom is 0.279 e. The summed E-state index contributed by atoms with van der Waals surface area (Å²) < 4.78 is 11.2. The van der Waals surface area contributed by atoms with E-state index in [2.05, 4.69) is 5.32 Å². The van der Waals surface area contributed by atoms with Gasteiger partial charge in [-0.3, -0.25) is 4.79 Å². The van der Waals surface area contributed by atoms with Crippen LogP contribution in [0.25, 0.3) is 0 Å². The average molecular weight is 356 g/mol. The van der Waals surface area contributed by atoms with Crippen molar-refractivity contribution in [1.82, 2.24) is 0 Å². The van der Waals surface area contributed by atoms with Crippen molar-refractivity contribution in [3.63, 3.8) is 0 Å². The number of rotatable bonds is 7. The van der Waals surface area contributed by atoms with Gasteiger partial charge in [-0.2, -0.15) is 0 Å². The summed E-state index contributed by atoms with van der Waals surface area (Å²) in [6, 6.07) is 9.14. The van der Waals surface area contributed by atoms with Gasteiger partial charge in [0.25, 0.3) is 5.91 Å². The number of carbonyl (C=O) groups excluding carboxylic acids is 1. The number of amides is 1. The van der Waals surface area contributed by atoms with E-state index >= 15 is 0 Å². The summed E-state index contributed by atoms with van der Waals surface area (Å²) in [5.41, 5.74) is 0.601. The fourth-order valence-electron chi connectivity index (χ4n) is 2.19. The molecule has 2 rings (SSSR count). The van der Waals surface area contributed by atoms with Crippen LogP contribution in [-0.4, -0.2) is 33.7 Å². The van der Waals surface area contributed by atoms with Crippen molar-refractivity contribution in [3.05, 3.63) is 39.5 Å². The largest absolute Gasteiger partial charge is 0.497 e. The molecule has 2 aromatic rings. The number of benzene rings is 1. The van der Waals surface area contributed by atoms with Crippen LogP contribution in [0.1, 0.15) is 4.88 Å². The van der Waals surface area contributed by atoms with Gasteiger partial charge in [-0.05, 0) is 24.3 Å². The highest BCUT2D eigenvalue weighted by Gasteiger charge is 2.14. The summed E-state index contributed by atoms with van der Waals surface area (Å²) in [5.74, 6) is 1.17. The van der Waals surface area contributed by atoms with Gasteiger partial charge in [-0.25, -0.2) is 0 Å². The Morgan fingerprint density at radius 1 is 1.26 bits per heavy atom. The third kappa shape index (κ3) is 5.13. The molecule has 0 saturated carbocycles. The zero-order valence-electron chi connectivity index (χ0n) is 13.3. The van der Waals surface area contributed by atoms with Crippen molar-refractivity contribution in [3.8, 4) is 11.5 Å². The quantitative estimate of drug-likeness (QED) is 0.799. The number of halogens is 1. The van der Waals surface area contributed by atoms with Crippen molar-refractivity contribution >= 4 is 34.5 Å². The Labute approximate surface area is 144 Å². The van der Waals surface area contributed by atoms with E-state index in [1.54, 1.807) is 32.4 Å². The molecule has 1 unspecified atom stereocenters. The molecule has 1 aromatic carbocycles. The highest BCUT2D eigenvalue weighted by atomic mass is 35.5. The van der Waals surface area contributed by atoms with E-state index in [1.165, 1.54) is 11.3 Å². The maximum absolute atomic E-state index is 12.2. The Morgan fingerprint density at radius 3 is 2.65 bits per heavy atom. The van der Waals surface area contributed by atoms with Crippen LogP contribution in [-0.2, 0) is 11.3 Å². The van der Waals surface area contributed by atoms with Gasteiger partial charge in [0.2, 0.25) is 0 Å². The minimum Gasteiger partial charge on any atom is -0.497 e. The number of likely N-dealkylation sites (N-methyl/N-ethyl adjacent to an activating group) is 1. The predicted octanol–water partition coefficient (Wildman–Crippen LogP) is 2.07. The van der Waals surface area contributed by atoms with E-state index in [0.29, 0.717) is 23.7 Å². The van der Waals surface area contributed by atoms with E-state index in [0.717, 1.165) is 20.7 Å². The Bertz CT molecular complexity index is 675. The lowest BCUT2D eigenvalue weighted by Crippen LogP contribution is -3.08. The summed E-state index contributed by atoms with van der Waals surface area (Å²) in [4.78, 5) is 14.5. The van der Waals surface area contributed by atoms with Gasteiger partial charge >= 0.3 is 0 Å². The minimum absolute atomic E-state index is 0.0864. The highest BCUT2D eigenvalue weighted by Crippen LogP contribution is 2.28. The Hall–Kier alpha value is -1.76. The number of thiophene rings is 1. The Morgan fingerprint density at radius 2 is 2.04 bits per heavy atom. The van der Waals surface area contributed by atoms with Crippen LogP contribution in [0.2, 0.25) is 4.34 Å². The van der Waals surface area contributed by atoms with Gasteiger partial charge in [0.05, 0.1) is 36.2 Å². The molecule has 0 spiro atoms. The average Bonchev–Trinajstić information content (AvgIpc) is 2.91. The van der Waals surface area contributed by atoms with Crippen molar-refractivity contribution in [2.24, 2.45) is 0 Å². The van der Waals surface area contributed by atoms with E-state index < -0.39 is 0 Å². The predicted molar refractivity (Wildman–Crippen MR) is 93.0 cm³/mol. The number of hydrogen-bond acceptors (Lipinski definition) is 4. The maximum atomic E-state index is 12.2. The molecule has 23 heavy (non-hydrogen) atoms. The molecular weight excluding hydrogens is 336 g/mol. The van der Waals surface area contributed by atoms with E-state index in [-0.39, 0.29) is 5.91 Å². The van der Waals surface area contributed by atoms with Crippen LogP contribution in [0.5, 0.6) is 11.5 Å². The molecule has 1 heterocycles. The van der Waals surface area contributed by atoms with E-state index in [4.69, 9.17) is 21.1 Å². The molecular formula is C16H20ClN2O3S+. The monoisotopic (exact) mass is 355 g/mol. The Balaban J connectivity index is 1.96. The molecule has 0 radical (unpaired) electrons. The number of methoxy groups -OCH3 is 2. The molecule has 124 valence electrons. The molecule has 5 nitrogen and oxygen atoms in total. The third-order valence-corrected chi connectivity index (χ3v) is 4.48. The summed E-state index contributed by atoms with van der Waals surface area (Å²) in [7, 11) is 5.11. The Kier molecular flexibility index (Phi) is 6.27. The first-order valence-electron chi connectivity index (χ1n) is 7.09. The first-order valence-corrected chi connectivity index (χ1v) is 8.28. The van der Waals surface area contributed by atoms with Gasteiger partial charge in [-0.1, -0.05) is 11.6 Å². The van der Waals surface area contributed by atoms with Gasteiger partial charge in [-0.15, -0.1) is 11.3 Å². The van der Waals surface area contributed by atoms with Crippen LogP contribution in [0.15, 0.2) is 30.3 Å². The van der Waals surface area contributed by atoms with Crippen LogP contribution < -0.4 is 19.7 Å². The second-order valence-electron chi connectivity index (χ2n) is 5.13. The molecule has 0 bridgehead atoms. The van der Waals surface area contributed by atoms with Crippen LogP contribution >= 0.6 is 22.9 Å². The second-order valence-corrected chi connectivity index (χ2v) is 6.93. The highest BCUT2D eigenvalue weighted by molar-refractivity contribution is 7.16. The smallest absolute Gasteiger partial charge is 0.279 e. The molecule has 1 aromatic heterocycles. The lowest BCUT2D eigenvalue weighted by Gasteiger charge is -2.15. The van der Waals surface area contributed by atoms with E-state index in [9.17, 15) is 4.79 Å². The molecule has 2 N–H and O–H groups in total. The van der Waals surface area contributed by atoms with Gasteiger partial charge in [0.1, 0.15) is 18.0 Å². The third-order valence-electron chi connectivity index (χ3n) is 3.25. The van der Waals surface area contributed by atoms with Gasteiger partial charge in [0.15, 0.2) is 6.54 Å². The summed E-state index contributed by atoms with van der Waals surface area (Å²) in [5, 5.41) is 2.87. The number of ether oxygens (including phenoxy) is 2.